The van der Waals surface area contributed by atoms with Gasteiger partial charge in [-0.1, -0.05) is 236 Å². The topological polar surface area (TPSA) is 95.9 Å². The van der Waals surface area contributed by atoms with E-state index >= 15 is 0 Å². The third-order valence-corrected chi connectivity index (χ3v) is 12.1. The molecule has 3 atom stereocenters. The highest BCUT2D eigenvalue weighted by Crippen LogP contribution is 2.18. The molecule has 0 saturated carbocycles. The van der Waals surface area contributed by atoms with Crippen LogP contribution in [-0.4, -0.2) is 46.9 Å². The van der Waals surface area contributed by atoms with Crippen molar-refractivity contribution < 1.29 is 24.5 Å². The first-order valence-corrected chi connectivity index (χ1v) is 27.0. The number of hydrogen-bond acceptors (Lipinski definition) is 5. The van der Waals surface area contributed by atoms with E-state index in [1.807, 2.05) is 0 Å². The summed E-state index contributed by atoms with van der Waals surface area (Å²) >= 11 is 0. The molecule has 3 N–H and O–H groups in total. The van der Waals surface area contributed by atoms with Crippen LogP contribution in [0, 0.1) is 0 Å². The van der Waals surface area contributed by atoms with Gasteiger partial charge in [-0.3, -0.25) is 9.59 Å². The fourth-order valence-electron chi connectivity index (χ4n) is 8.06. The third-order valence-electron chi connectivity index (χ3n) is 12.1. The van der Waals surface area contributed by atoms with Crippen LogP contribution in [0.4, 0.5) is 0 Å². The van der Waals surface area contributed by atoms with Gasteiger partial charge in [-0.15, -0.1) is 0 Å². The molecule has 6 heteroatoms. The summed E-state index contributed by atoms with van der Waals surface area (Å²) in [6.07, 6.45) is 62.8. The highest BCUT2D eigenvalue weighted by molar-refractivity contribution is 5.77. The fourth-order valence-corrected chi connectivity index (χ4v) is 8.06. The maximum Gasteiger partial charge on any atom is 0.306 e. The van der Waals surface area contributed by atoms with Gasteiger partial charge in [0.1, 0.15) is 6.10 Å². The smallest absolute Gasteiger partial charge is 0.306 e. The fraction of sp³-hybridized carbons (Fsp3) is 0.789. The number of carbonyl (C=O) groups is 2. The Bertz CT molecular complexity index is 1130. The van der Waals surface area contributed by atoms with Crippen LogP contribution in [0.5, 0.6) is 0 Å². The Morgan fingerprint density at radius 1 is 0.492 bits per heavy atom. The molecule has 1 amide bonds. The van der Waals surface area contributed by atoms with Crippen LogP contribution < -0.4 is 5.32 Å². The van der Waals surface area contributed by atoms with Gasteiger partial charge in [0, 0.05) is 6.42 Å². The van der Waals surface area contributed by atoms with Gasteiger partial charge in [0.15, 0.2) is 0 Å². The third kappa shape index (κ3) is 45.9. The van der Waals surface area contributed by atoms with Crippen molar-refractivity contribution >= 4 is 11.9 Å². The van der Waals surface area contributed by atoms with Crippen molar-refractivity contribution in [3.05, 3.63) is 60.8 Å². The average Bonchev–Trinajstić information content (AvgIpc) is 3.28. The molecule has 0 saturated heterocycles. The van der Waals surface area contributed by atoms with Crippen molar-refractivity contribution in [2.24, 2.45) is 0 Å². The zero-order chi connectivity index (χ0) is 45.9. The molecule has 0 aliphatic rings. The largest absolute Gasteiger partial charge is 0.462 e. The Labute approximate surface area is 390 Å². The molecule has 0 rings (SSSR count). The standard InChI is InChI=1S/C57H103NO5/c1-4-7-10-13-16-19-22-25-27-28-29-30-32-35-38-41-44-47-50-57(62)63-53(48-45-42-39-36-33-24-21-18-15-12-9-6-3)51-56(61)58-54(52-59)55(60)49-46-43-40-37-34-31-26-23-20-17-14-11-8-5-2/h9,12,18,21-22,25,27-30,53-55,59-60H,4-8,10-11,13-17,19-20,23-24,26,31-52H2,1-3H3,(H,58,61)/b12-9+,21-18+,25-22+,28-27+,30-29+. The van der Waals surface area contributed by atoms with E-state index in [2.05, 4.69) is 86.8 Å². The summed E-state index contributed by atoms with van der Waals surface area (Å²) < 4.78 is 5.93. The van der Waals surface area contributed by atoms with Gasteiger partial charge in [0.2, 0.25) is 5.91 Å². The number of rotatable bonds is 48. The lowest BCUT2D eigenvalue weighted by molar-refractivity contribution is -0.151. The zero-order valence-electron chi connectivity index (χ0n) is 41.7. The average molecular weight is 882 g/mol. The van der Waals surface area contributed by atoms with Crippen molar-refractivity contribution in [2.75, 3.05) is 6.61 Å². The Balaban J connectivity index is 4.58. The molecule has 0 aliphatic carbocycles. The first kappa shape index (κ1) is 60.6. The summed E-state index contributed by atoms with van der Waals surface area (Å²) in [4.78, 5) is 26.2. The zero-order valence-corrected chi connectivity index (χ0v) is 41.7. The molecular formula is C57H103NO5. The molecule has 0 heterocycles. The summed E-state index contributed by atoms with van der Waals surface area (Å²) in [7, 11) is 0. The first-order valence-electron chi connectivity index (χ1n) is 27.0. The second-order valence-corrected chi connectivity index (χ2v) is 18.3. The number of ether oxygens (including phenoxy) is 1. The van der Waals surface area contributed by atoms with E-state index in [4.69, 9.17) is 4.74 Å². The van der Waals surface area contributed by atoms with Crippen LogP contribution >= 0.6 is 0 Å². The number of esters is 1. The molecule has 3 unspecified atom stereocenters. The maximum absolute atomic E-state index is 13.2. The van der Waals surface area contributed by atoms with E-state index < -0.39 is 18.2 Å². The normalized spacial score (nSPS) is 13.7. The van der Waals surface area contributed by atoms with Crippen molar-refractivity contribution in [1.29, 1.82) is 0 Å². The summed E-state index contributed by atoms with van der Waals surface area (Å²) in [6, 6.07) is -0.712. The van der Waals surface area contributed by atoms with Gasteiger partial charge < -0.3 is 20.3 Å². The van der Waals surface area contributed by atoms with E-state index in [-0.39, 0.29) is 24.9 Å². The van der Waals surface area contributed by atoms with Crippen LogP contribution in [-0.2, 0) is 14.3 Å². The summed E-state index contributed by atoms with van der Waals surface area (Å²) in [6.45, 7) is 6.36. The van der Waals surface area contributed by atoms with Crippen LogP contribution in [0.15, 0.2) is 60.8 Å². The van der Waals surface area contributed by atoms with Crippen molar-refractivity contribution in [3.63, 3.8) is 0 Å². The number of carbonyl (C=O) groups excluding carboxylic acids is 2. The highest BCUT2D eigenvalue weighted by Gasteiger charge is 2.24. The van der Waals surface area contributed by atoms with Crippen LogP contribution in [0.1, 0.15) is 265 Å². The van der Waals surface area contributed by atoms with Crippen LogP contribution in [0.3, 0.4) is 0 Å². The Hall–Kier alpha value is -2.44. The minimum atomic E-state index is -0.797. The maximum atomic E-state index is 13.2. The lowest BCUT2D eigenvalue weighted by atomic mass is 10.0. The number of hydrogen-bond donors (Lipinski definition) is 3. The molecule has 0 fully saturated rings. The summed E-state index contributed by atoms with van der Waals surface area (Å²) in [5, 5.41) is 23.8. The van der Waals surface area contributed by atoms with Gasteiger partial charge in [-0.25, -0.2) is 0 Å². The minimum absolute atomic E-state index is 0.0587. The number of nitrogens with one attached hydrogen (secondary N) is 1. The predicted molar refractivity (Wildman–Crippen MR) is 273 cm³/mol. The SMILES string of the molecule is CC/C=C/C/C=C/CCCCCCCC(CC(=O)NC(CO)C(O)CCCCCCCCCCCCCCCC)OC(=O)CCCCCCC/C=C/C=C/C=C/CCCCCCC. The molecule has 6 nitrogen and oxygen atoms in total. The van der Waals surface area contributed by atoms with E-state index in [0.717, 1.165) is 96.3 Å². The lowest BCUT2D eigenvalue weighted by Crippen LogP contribution is -2.46. The van der Waals surface area contributed by atoms with E-state index in [1.165, 1.54) is 122 Å². The predicted octanol–water partition coefficient (Wildman–Crippen LogP) is 16.4. The Morgan fingerprint density at radius 2 is 0.921 bits per heavy atom. The van der Waals surface area contributed by atoms with Crippen LogP contribution in [0.25, 0.3) is 0 Å². The molecular weight excluding hydrogens is 779 g/mol. The summed E-state index contributed by atoms with van der Waals surface area (Å²) in [5.41, 5.74) is 0. The number of unbranched alkanes of at least 4 members (excludes halogenated alkanes) is 28. The van der Waals surface area contributed by atoms with Gasteiger partial charge >= 0.3 is 5.97 Å². The monoisotopic (exact) mass is 882 g/mol. The highest BCUT2D eigenvalue weighted by atomic mass is 16.5. The van der Waals surface area contributed by atoms with E-state index in [9.17, 15) is 19.8 Å². The van der Waals surface area contributed by atoms with E-state index in [1.54, 1.807) is 0 Å². The van der Waals surface area contributed by atoms with Gasteiger partial charge in [-0.2, -0.15) is 0 Å². The Morgan fingerprint density at radius 3 is 1.41 bits per heavy atom. The van der Waals surface area contributed by atoms with Crippen LogP contribution in [0.2, 0.25) is 0 Å². The van der Waals surface area contributed by atoms with E-state index in [0.29, 0.717) is 19.3 Å². The number of amides is 1. The number of aliphatic hydroxyl groups is 2. The minimum Gasteiger partial charge on any atom is -0.462 e. The van der Waals surface area contributed by atoms with Crippen molar-refractivity contribution in [3.8, 4) is 0 Å². The summed E-state index contributed by atoms with van der Waals surface area (Å²) in [5.74, 6) is -0.508. The molecule has 0 aromatic heterocycles. The van der Waals surface area contributed by atoms with Gasteiger partial charge in [-0.05, 0) is 77.0 Å². The van der Waals surface area contributed by atoms with Gasteiger partial charge in [0.25, 0.3) is 0 Å². The second kappa shape index (κ2) is 50.6. The molecule has 0 aromatic carbocycles. The first-order chi connectivity index (χ1) is 31.0. The lowest BCUT2D eigenvalue weighted by Gasteiger charge is -2.24. The molecule has 63 heavy (non-hydrogen) atoms. The Kier molecular flexibility index (Phi) is 48.6. The van der Waals surface area contributed by atoms with Crippen molar-refractivity contribution in [2.45, 2.75) is 283 Å². The molecule has 0 aromatic rings. The number of aliphatic hydroxyl groups excluding tert-OH is 2. The second-order valence-electron chi connectivity index (χ2n) is 18.3. The molecule has 366 valence electrons. The van der Waals surface area contributed by atoms with Gasteiger partial charge in [0.05, 0.1) is 25.2 Å². The number of allylic oxidation sites excluding steroid dienone is 10. The molecule has 0 aliphatic heterocycles. The molecule has 0 spiro atoms. The molecule has 0 radical (unpaired) electrons. The van der Waals surface area contributed by atoms with Crippen molar-refractivity contribution in [1.82, 2.24) is 5.32 Å². The molecule has 0 bridgehead atoms. The quantitative estimate of drug-likeness (QED) is 0.0245.